The van der Waals surface area contributed by atoms with Gasteiger partial charge in [-0.3, -0.25) is 9.59 Å². The molecule has 0 radical (unpaired) electrons. The quantitative estimate of drug-likeness (QED) is 0.638. The molecular formula is C19H20N6O3S. The molecule has 0 saturated carbocycles. The molecule has 1 saturated heterocycles. The third kappa shape index (κ3) is 3.35. The fourth-order valence-electron chi connectivity index (χ4n) is 3.50. The van der Waals surface area contributed by atoms with Crippen LogP contribution in [0.25, 0.3) is 5.69 Å². The average molecular weight is 412 g/mol. The topological polar surface area (TPSA) is 116 Å². The molecule has 1 atom stereocenters. The summed E-state index contributed by atoms with van der Waals surface area (Å²) in [7, 11) is 1.59. The van der Waals surface area contributed by atoms with Crippen LogP contribution in [0.5, 0.6) is 5.75 Å². The number of hydrogen-bond donors (Lipinski definition) is 1. The Kier molecular flexibility index (Phi) is 5.01. The SMILES string of the molecule is COc1ccc(-n2ncc(C(=O)C3CCCN3C(=O)c3snnc3C)c2N)cc1. The Morgan fingerprint density at radius 1 is 1.28 bits per heavy atom. The number of ketones is 1. The molecule has 2 N–H and O–H groups in total. The van der Waals surface area contributed by atoms with Gasteiger partial charge in [0.15, 0.2) is 5.78 Å². The summed E-state index contributed by atoms with van der Waals surface area (Å²) < 4.78 is 10.5. The van der Waals surface area contributed by atoms with E-state index in [1.165, 1.54) is 10.9 Å². The molecule has 10 heteroatoms. The van der Waals surface area contributed by atoms with E-state index in [2.05, 4.69) is 14.7 Å². The van der Waals surface area contributed by atoms with Crippen LogP contribution < -0.4 is 10.5 Å². The molecule has 29 heavy (non-hydrogen) atoms. The van der Waals surface area contributed by atoms with E-state index in [0.29, 0.717) is 40.5 Å². The van der Waals surface area contributed by atoms with E-state index in [-0.39, 0.29) is 17.5 Å². The van der Waals surface area contributed by atoms with Crippen molar-refractivity contribution in [1.82, 2.24) is 24.3 Å². The minimum atomic E-state index is -0.570. The van der Waals surface area contributed by atoms with Crippen molar-refractivity contribution < 1.29 is 14.3 Å². The lowest BCUT2D eigenvalue weighted by Gasteiger charge is -2.23. The first-order valence-electron chi connectivity index (χ1n) is 9.13. The number of nitrogens with two attached hydrogens (primary N) is 1. The van der Waals surface area contributed by atoms with E-state index >= 15 is 0 Å². The lowest BCUT2D eigenvalue weighted by Crippen LogP contribution is -2.40. The number of nitrogens with zero attached hydrogens (tertiary/aromatic N) is 5. The summed E-state index contributed by atoms with van der Waals surface area (Å²) in [6.07, 6.45) is 2.80. The number of rotatable bonds is 5. The first-order valence-corrected chi connectivity index (χ1v) is 9.90. The summed E-state index contributed by atoms with van der Waals surface area (Å²) >= 11 is 1.05. The van der Waals surface area contributed by atoms with E-state index in [9.17, 15) is 9.59 Å². The number of methoxy groups -OCH3 is 1. The average Bonchev–Trinajstić information content (AvgIpc) is 3.47. The fourth-order valence-corrected chi connectivity index (χ4v) is 4.11. The second-order valence-electron chi connectivity index (χ2n) is 6.76. The van der Waals surface area contributed by atoms with Crippen molar-refractivity contribution in [2.24, 2.45) is 0 Å². The van der Waals surface area contributed by atoms with Crippen LogP contribution in [0.2, 0.25) is 0 Å². The maximum absolute atomic E-state index is 13.2. The van der Waals surface area contributed by atoms with Gasteiger partial charge in [-0.1, -0.05) is 4.49 Å². The molecule has 3 aromatic rings. The van der Waals surface area contributed by atoms with E-state index < -0.39 is 6.04 Å². The first-order chi connectivity index (χ1) is 14.0. The number of likely N-dealkylation sites (tertiary alicyclic amines) is 1. The zero-order valence-electron chi connectivity index (χ0n) is 16.0. The van der Waals surface area contributed by atoms with Gasteiger partial charge < -0.3 is 15.4 Å². The van der Waals surface area contributed by atoms with Gasteiger partial charge in [0.1, 0.15) is 16.4 Å². The van der Waals surface area contributed by atoms with Crippen LogP contribution in [0, 0.1) is 6.92 Å². The number of ether oxygens (including phenoxy) is 1. The molecule has 1 aromatic carbocycles. The molecule has 9 nitrogen and oxygen atoms in total. The Bertz CT molecular complexity index is 1060. The monoisotopic (exact) mass is 412 g/mol. The Labute approximate surface area is 171 Å². The lowest BCUT2D eigenvalue weighted by molar-refractivity contribution is 0.0674. The molecule has 0 bridgehead atoms. The summed E-state index contributed by atoms with van der Waals surface area (Å²) in [4.78, 5) is 28.2. The Balaban J connectivity index is 1.60. The Morgan fingerprint density at radius 3 is 2.69 bits per heavy atom. The van der Waals surface area contributed by atoms with Gasteiger partial charge in [-0.05, 0) is 55.6 Å². The zero-order chi connectivity index (χ0) is 20.5. The van der Waals surface area contributed by atoms with Crippen LogP contribution in [-0.4, -0.2) is 55.7 Å². The predicted octanol–water partition coefficient (Wildman–Crippen LogP) is 2.11. The fraction of sp³-hybridized carbons (Fsp3) is 0.316. The molecule has 1 amide bonds. The van der Waals surface area contributed by atoms with E-state index in [4.69, 9.17) is 10.5 Å². The van der Waals surface area contributed by atoms with Gasteiger partial charge in [-0.25, -0.2) is 4.68 Å². The van der Waals surface area contributed by atoms with Gasteiger partial charge in [-0.2, -0.15) is 5.10 Å². The highest BCUT2D eigenvalue weighted by molar-refractivity contribution is 7.08. The number of amides is 1. The highest BCUT2D eigenvalue weighted by Gasteiger charge is 2.37. The third-order valence-corrected chi connectivity index (χ3v) is 5.87. The summed E-state index contributed by atoms with van der Waals surface area (Å²) in [5.41, 5.74) is 7.84. The van der Waals surface area contributed by atoms with E-state index in [1.54, 1.807) is 43.2 Å². The van der Waals surface area contributed by atoms with Crippen molar-refractivity contribution in [1.29, 1.82) is 0 Å². The molecule has 0 aliphatic carbocycles. The molecule has 2 aromatic heterocycles. The summed E-state index contributed by atoms with van der Waals surface area (Å²) in [5, 5.41) is 8.17. The van der Waals surface area contributed by atoms with Gasteiger partial charge in [-0.15, -0.1) is 5.10 Å². The largest absolute Gasteiger partial charge is 0.497 e. The van der Waals surface area contributed by atoms with Crippen molar-refractivity contribution in [3.63, 3.8) is 0 Å². The third-order valence-electron chi connectivity index (χ3n) is 5.05. The second-order valence-corrected chi connectivity index (χ2v) is 7.52. The van der Waals surface area contributed by atoms with Gasteiger partial charge >= 0.3 is 0 Å². The number of Topliss-reactive ketones (excluding diaryl/α,β-unsaturated/α-hetero) is 1. The first kappa shape index (κ1) is 19.1. The van der Waals surface area contributed by atoms with Gasteiger partial charge in [0.25, 0.3) is 5.91 Å². The normalized spacial score (nSPS) is 16.2. The van der Waals surface area contributed by atoms with Gasteiger partial charge in [0, 0.05) is 6.54 Å². The van der Waals surface area contributed by atoms with Crippen LogP contribution in [-0.2, 0) is 0 Å². The van der Waals surface area contributed by atoms with Crippen molar-refractivity contribution in [2.45, 2.75) is 25.8 Å². The lowest BCUT2D eigenvalue weighted by atomic mass is 10.0. The second kappa shape index (κ2) is 7.63. The Hall–Kier alpha value is -3.27. The molecule has 1 unspecified atom stereocenters. The van der Waals surface area contributed by atoms with Crippen LogP contribution >= 0.6 is 11.5 Å². The van der Waals surface area contributed by atoms with Crippen molar-refractivity contribution in [2.75, 3.05) is 19.4 Å². The number of carbonyl (C=O) groups is 2. The van der Waals surface area contributed by atoms with E-state index in [0.717, 1.165) is 18.0 Å². The van der Waals surface area contributed by atoms with Crippen LogP contribution in [0.1, 0.15) is 38.6 Å². The molecular weight excluding hydrogens is 392 g/mol. The number of aromatic nitrogens is 4. The van der Waals surface area contributed by atoms with Gasteiger partial charge in [0.2, 0.25) is 0 Å². The van der Waals surface area contributed by atoms with Crippen LogP contribution in [0.15, 0.2) is 30.5 Å². The summed E-state index contributed by atoms with van der Waals surface area (Å²) in [6.45, 7) is 2.25. The maximum Gasteiger partial charge on any atom is 0.268 e. The van der Waals surface area contributed by atoms with Crippen molar-refractivity contribution >= 4 is 29.0 Å². The summed E-state index contributed by atoms with van der Waals surface area (Å²) in [5.74, 6) is 0.538. The highest BCUT2D eigenvalue weighted by atomic mass is 32.1. The number of aryl methyl sites for hydroxylation is 1. The molecule has 1 aliphatic rings. The Morgan fingerprint density at radius 2 is 2.03 bits per heavy atom. The molecule has 4 rings (SSSR count). The number of carbonyl (C=O) groups excluding carboxylic acids is 2. The smallest absolute Gasteiger partial charge is 0.268 e. The van der Waals surface area contributed by atoms with Crippen molar-refractivity contribution in [3.05, 3.63) is 46.6 Å². The van der Waals surface area contributed by atoms with E-state index in [1.807, 2.05) is 0 Å². The zero-order valence-corrected chi connectivity index (χ0v) is 16.8. The standard InChI is InChI=1S/C19H20N6O3S/c1-11-17(29-23-22-11)19(27)24-9-3-4-15(24)16(26)14-10-21-25(18(14)20)12-5-7-13(28-2)8-6-12/h5-8,10,15H,3-4,9,20H2,1-2H3. The minimum absolute atomic E-state index is 0.205. The van der Waals surface area contributed by atoms with Crippen LogP contribution in [0.3, 0.4) is 0 Å². The van der Waals surface area contributed by atoms with Crippen LogP contribution in [0.4, 0.5) is 5.82 Å². The summed E-state index contributed by atoms with van der Waals surface area (Å²) in [6, 6.07) is 6.63. The van der Waals surface area contributed by atoms with Crippen molar-refractivity contribution in [3.8, 4) is 11.4 Å². The number of anilines is 1. The molecule has 150 valence electrons. The predicted molar refractivity (Wildman–Crippen MR) is 108 cm³/mol. The molecule has 3 heterocycles. The minimum Gasteiger partial charge on any atom is -0.497 e. The number of hydrogen-bond acceptors (Lipinski definition) is 8. The maximum atomic E-state index is 13.2. The highest BCUT2D eigenvalue weighted by Crippen LogP contribution is 2.28. The van der Waals surface area contributed by atoms with Gasteiger partial charge in [0.05, 0.1) is 36.3 Å². The molecule has 1 aliphatic heterocycles. The number of nitrogen functional groups attached to an aromatic ring is 1. The molecule has 0 spiro atoms. The molecule has 1 fully saturated rings. The number of benzene rings is 1.